The lowest BCUT2D eigenvalue weighted by Gasteiger charge is -2.09. The number of unbranched alkanes of at least 4 members (excludes halogenated alkanes) is 12. The summed E-state index contributed by atoms with van der Waals surface area (Å²) in [5.41, 5.74) is 0. The largest absolute Gasteiger partial charge is 0.394 e. The molecule has 0 aromatic carbocycles. The number of hydrogen-bond donors (Lipinski definition) is 3. The molecule has 0 radical (unpaired) electrons. The Bertz CT molecular complexity index is 351. The van der Waals surface area contributed by atoms with Crippen molar-refractivity contribution in [3.8, 4) is 0 Å². The van der Waals surface area contributed by atoms with Gasteiger partial charge in [0.05, 0.1) is 17.7 Å². The van der Waals surface area contributed by atoms with E-state index in [4.69, 9.17) is 17.3 Å². The predicted molar refractivity (Wildman–Crippen MR) is 125 cm³/mol. The molecule has 0 fully saturated rings. The number of rotatable bonds is 20. The second kappa shape index (κ2) is 22.2. The Morgan fingerprint density at radius 1 is 0.889 bits per heavy atom. The normalized spacial score (nSPS) is 12.6. The van der Waals surface area contributed by atoms with Gasteiger partial charge in [-0.2, -0.15) is 0 Å². The number of allylic oxidation sites excluding steroid dienone is 2. The molecule has 0 saturated carbocycles. The molecule has 27 heavy (non-hydrogen) atoms. The Labute approximate surface area is 177 Å². The lowest BCUT2D eigenvalue weighted by Crippen LogP contribution is -2.23. The van der Waals surface area contributed by atoms with Crippen LogP contribution in [0.25, 0.3) is 0 Å². The van der Waals surface area contributed by atoms with Crippen LogP contribution in [-0.2, 0) is 0 Å². The summed E-state index contributed by atoms with van der Waals surface area (Å²) in [4.78, 5) is 0.617. The maximum Gasteiger partial charge on any atom is 0.0878 e. The van der Waals surface area contributed by atoms with Gasteiger partial charge in [-0.3, -0.25) is 0 Å². The summed E-state index contributed by atoms with van der Waals surface area (Å²) < 4.78 is 3.07. The predicted octanol–water partition coefficient (Wildman–Crippen LogP) is 6.33. The van der Waals surface area contributed by atoms with E-state index < -0.39 is 6.10 Å². The molecule has 3 N–H and O–H groups in total. The van der Waals surface area contributed by atoms with Crippen molar-refractivity contribution >= 4 is 29.2 Å². The number of aliphatic hydroxyl groups is 2. The van der Waals surface area contributed by atoms with Crippen molar-refractivity contribution in [3.63, 3.8) is 0 Å². The first-order valence-electron chi connectivity index (χ1n) is 11.0. The van der Waals surface area contributed by atoms with Gasteiger partial charge in [0.1, 0.15) is 0 Å². The first-order chi connectivity index (χ1) is 13.2. The molecular formula is C22H43NO2S2. The van der Waals surface area contributed by atoms with Gasteiger partial charge in [-0.05, 0) is 32.1 Å². The summed E-state index contributed by atoms with van der Waals surface area (Å²) in [6.07, 6.45) is 23.0. The minimum Gasteiger partial charge on any atom is -0.394 e. The third kappa shape index (κ3) is 22.1. The molecule has 0 amide bonds. The van der Waals surface area contributed by atoms with Crippen LogP contribution in [0.2, 0.25) is 0 Å². The lowest BCUT2D eigenvalue weighted by molar-refractivity contribution is 0.101. The van der Waals surface area contributed by atoms with Crippen molar-refractivity contribution in [2.24, 2.45) is 0 Å². The Morgan fingerprint density at radius 2 is 1.41 bits per heavy atom. The van der Waals surface area contributed by atoms with Crippen LogP contribution in [0, 0.1) is 0 Å². The number of thiocarbonyl (C=S) groups is 1. The van der Waals surface area contributed by atoms with Crippen LogP contribution >= 0.6 is 24.2 Å². The quantitative estimate of drug-likeness (QED) is 0.0935. The van der Waals surface area contributed by atoms with Crippen LogP contribution < -0.4 is 4.72 Å². The van der Waals surface area contributed by atoms with Gasteiger partial charge < -0.3 is 14.9 Å². The van der Waals surface area contributed by atoms with Gasteiger partial charge in [-0.25, -0.2) is 0 Å². The van der Waals surface area contributed by atoms with E-state index in [2.05, 4.69) is 23.8 Å². The van der Waals surface area contributed by atoms with E-state index >= 15 is 0 Å². The highest BCUT2D eigenvalue weighted by Gasteiger charge is 2.05. The van der Waals surface area contributed by atoms with Crippen LogP contribution in [-0.4, -0.2) is 33.7 Å². The zero-order valence-electron chi connectivity index (χ0n) is 17.5. The van der Waals surface area contributed by atoms with Crippen molar-refractivity contribution in [3.05, 3.63) is 12.2 Å². The van der Waals surface area contributed by atoms with E-state index in [9.17, 15) is 5.11 Å². The average molecular weight is 418 g/mol. The molecular weight excluding hydrogens is 374 g/mol. The van der Waals surface area contributed by atoms with Crippen LogP contribution in [0.5, 0.6) is 0 Å². The van der Waals surface area contributed by atoms with Gasteiger partial charge in [-0.15, -0.1) is 0 Å². The molecule has 0 heterocycles. The zero-order valence-corrected chi connectivity index (χ0v) is 19.1. The fraction of sp³-hybridized carbons (Fsp3) is 0.864. The summed E-state index contributed by atoms with van der Waals surface area (Å²) in [5.74, 6) is 1.04. The van der Waals surface area contributed by atoms with Crippen molar-refractivity contribution in [1.29, 1.82) is 0 Å². The third-order valence-electron chi connectivity index (χ3n) is 4.58. The fourth-order valence-electron chi connectivity index (χ4n) is 2.87. The van der Waals surface area contributed by atoms with Gasteiger partial charge in [0, 0.05) is 12.2 Å². The van der Waals surface area contributed by atoms with Gasteiger partial charge >= 0.3 is 0 Å². The van der Waals surface area contributed by atoms with Crippen LogP contribution in [0.3, 0.4) is 0 Å². The molecule has 0 rings (SSSR count). The van der Waals surface area contributed by atoms with Crippen LogP contribution in [0.15, 0.2) is 12.2 Å². The smallest absolute Gasteiger partial charge is 0.0878 e. The van der Waals surface area contributed by atoms with E-state index in [-0.39, 0.29) is 6.61 Å². The van der Waals surface area contributed by atoms with Crippen molar-refractivity contribution in [2.45, 2.75) is 109 Å². The molecule has 0 aliphatic heterocycles. The lowest BCUT2D eigenvalue weighted by atomic mass is 10.1. The molecule has 0 saturated heterocycles. The molecule has 0 aliphatic carbocycles. The number of hydrogen-bond acceptors (Lipinski definition) is 4. The van der Waals surface area contributed by atoms with Crippen molar-refractivity contribution < 1.29 is 10.2 Å². The Balaban J connectivity index is 3.18. The zero-order chi connectivity index (χ0) is 20.0. The van der Waals surface area contributed by atoms with Crippen molar-refractivity contribution in [2.75, 3.05) is 12.4 Å². The third-order valence-corrected chi connectivity index (χ3v) is 5.86. The topological polar surface area (TPSA) is 52.5 Å². The van der Waals surface area contributed by atoms with E-state index in [1.54, 1.807) is 11.9 Å². The molecule has 0 aliphatic rings. The first-order valence-corrected chi connectivity index (χ1v) is 12.4. The van der Waals surface area contributed by atoms with Crippen LogP contribution in [0.1, 0.15) is 103 Å². The number of nitrogens with one attached hydrogen (secondary N) is 1. The minimum atomic E-state index is -0.740. The van der Waals surface area contributed by atoms with E-state index in [1.165, 1.54) is 89.9 Å². The monoisotopic (exact) mass is 417 g/mol. The highest BCUT2D eigenvalue weighted by molar-refractivity contribution is 7.98. The Morgan fingerprint density at radius 3 is 1.96 bits per heavy atom. The molecule has 1 atom stereocenters. The molecule has 0 spiro atoms. The molecule has 3 nitrogen and oxygen atoms in total. The maximum absolute atomic E-state index is 9.29. The van der Waals surface area contributed by atoms with Crippen LogP contribution in [0.4, 0.5) is 0 Å². The van der Waals surface area contributed by atoms with Gasteiger partial charge in [0.2, 0.25) is 0 Å². The van der Waals surface area contributed by atoms with Crippen molar-refractivity contribution in [1.82, 2.24) is 4.72 Å². The molecule has 1 unspecified atom stereocenters. The second-order valence-corrected chi connectivity index (χ2v) is 8.75. The highest BCUT2D eigenvalue weighted by Crippen LogP contribution is 2.11. The second-order valence-electron chi connectivity index (χ2n) is 7.35. The van der Waals surface area contributed by atoms with Gasteiger partial charge in [0.15, 0.2) is 0 Å². The Kier molecular flexibility index (Phi) is 22.1. The number of aliphatic hydroxyl groups excluding tert-OH is 2. The summed E-state index contributed by atoms with van der Waals surface area (Å²) >= 11 is 6.71. The summed E-state index contributed by atoms with van der Waals surface area (Å²) in [6.45, 7) is 2.04. The standard InChI is InChI=1S/C22H43NO2S2/c1-2-3-4-5-6-7-8-9-10-11-12-13-14-15-16-17-18-27-23-22(26)19-21(25)20-24/h9-10,21,24-25H,2-8,11-20H2,1H3,(H,23,26)/b10-9-. The summed E-state index contributed by atoms with van der Waals surface area (Å²) in [7, 11) is 0. The van der Waals surface area contributed by atoms with E-state index in [0.717, 1.165) is 5.75 Å². The van der Waals surface area contributed by atoms with Gasteiger partial charge in [-0.1, -0.05) is 101 Å². The van der Waals surface area contributed by atoms with E-state index in [0.29, 0.717) is 11.4 Å². The molecule has 0 aromatic heterocycles. The maximum atomic E-state index is 9.29. The average Bonchev–Trinajstić information content (AvgIpc) is 2.66. The highest BCUT2D eigenvalue weighted by atomic mass is 32.2. The first kappa shape index (κ1) is 26.9. The summed E-state index contributed by atoms with van der Waals surface area (Å²) in [5, 5.41) is 18.1. The van der Waals surface area contributed by atoms with E-state index in [1.807, 2.05) is 0 Å². The van der Waals surface area contributed by atoms with Gasteiger partial charge in [0.25, 0.3) is 0 Å². The fourth-order valence-corrected chi connectivity index (χ4v) is 3.94. The Hall–Kier alpha value is -0.100. The molecule has 0 bridgehead atoms. The summed E-state index contributed by atoms with van der Waals surface area (Å²) in [6, 6.07) is 0. The molecule has 160 valence electrons. The molecule has 5 heteroatoms. The minimum absolute atomic E-state index is 0.235. The SMILES string of the molecule is CCCCCCCC/C=C\CCCCCCCCSNC(=S)CC(O)CO. The molecule has 0 aromatic rings.